The van der Waals surface area contributed by atoms with Gasteiger partial charge in [0.2, 0.25) is 0 Å². The van der Waals surface area contributed by atoms with Gasteiger partial charge in [-0.1, -0.05) is 25.1 Å². The fourth-order valence-corrected chi connectivity index (χ4v) is 1.36. The third-order valence-electron chi connectivity index (χ3n) is 2.21. The van der Waals surface area contributed by atoms with Crippen molar-refractivity contribution in [3.05, 3.63) is 42.0 Å². The first kappa shape index (κ1) is 10.3. The number of ether oxygens (including phenoxy) is 1. The second-order valence-electron chi connectivity index (χ2n) is 3.06. The molecule has 0 bridgehead atoms. The van der Waals surface area contributed by atoms with E-state index in [2.05, 4.69) is 12.6 Å². The minimum Gasteiger partial charge on any atom is -0.495 e. The van der Waals surface area contributed by atoms with Gasteiger partial charge < -0.3 is 4.74 Å². The van der Waals surface area contributed by atoms with Gasteiger partial charge in [0, 0.05) is 11.5 Å². The van der Waals surface area contributed by atoms with E-state index in [9.17, 15) is 0 Å². The molecule has 1 rings (SSSR count). The highest BCUT2D eigenvalue weighted by Crippen LogP contribution is 2.29. The van der Waals surface area contributed by atoms with E-state index in [1.54, 1.807) is 13.2 Å². The Balaban J connectivity index is 3.30. The van der Waals surface area contributed by atoms with Crippen molar-refractivity contribution in [1.29, 1.82) is 5.26 Å². The van der Waals surface area contributed by atoms with Crippen molar-refractivity contribution in [3.63, 3.8) is 0 Å². The van der Waals surface area contributed by atoms with Crippen LogP contribution in [0.5, 0.6) is 5.75 Å². The second-order valence-corrected chi connectivity index (χ2v) is 3.06. The summed E-state index contributed by atoms with van der Waals surface area (Å²) < 4.78 is 5.22. The van der Waals surface area contributed by atoms with Crippen molar-refractivity contribution in [2.45, 2.75) is 12.8 Å². The largest absolute Gasteiger partial charge is 0.495 e. The fraction of sp³-hybridized carbons (Fsp3) is 0.250. The molecule has 0 saturated carbocycles. The number of para-hydroxylation sites is 1. The fourth-order valence-electron chi connectivity index (χ4n) is 1.36. The Morgan fingerprint density at radius 1 is 1.57 bits per heavy atom. The van der Waals surface area contributed by atoms with Gasteiger partial charge in [0.15, 0.2) is 0 Å². The van der Waals surface area contributed by atoms with Gasteiger partial charge in [0.25, 0.3) is 0 Å². The van der Waals surface area contributed by atoms with E-state index in [0.29, 0.717) is 11.3 Å². The third-order valence-corrected chi connectivity index (χ3v) is 2.21. The molecule has 0 spiro atoms. The second kappa shape index (κ2) is 4.48. The molecule has 0 heterocycles. The number of nitrogens with zero attached hydrogens (tertiary/aromatic N) is 1. The summed E-state index contributed by atoms with van der Waals surface area (Å²) >= 11 is 0. The van der Waals surface area contributed by atoms with Gasteiger partial charge in [-0.3, -0.25) is 0 Å². The minimum absolute atomic E-state index is 0.193. The number of methoxy groups -OCH3 is 1. The summed E-state index contributed by atoms with van der Waals surface area (Å²) in [5.74, 6) is 0.848. The predicted molar refractivity (Wildman–Crippen MR) is 56.3 cm³/mol. The standard InChI is InChI=1S/C12H13NO/c1-4-9(2)11-7-5-6-10(8-13)12(11)14-3/h4-7,9H,1H2,2-3H3. The number of allylic oxidation sites excluding steroid dienone is 1. The first-order chi connectivity index (χ1) is 6.74. The predicted octanol–water partition coefficient (Wildman–Crippen LogP) is 2.86. The van der Waals surface area contributed by atoms with Crippen LogP contribution in [0.3, 0.4) is 0 Å². The molecule has 1 atom stereocenters. The first-order valence-electron chi connectivity index (χ1n) is 4.44. The SMILES string of the molecule is C=CC(C)c1cccc(C#N)c1OC. The van der Waals surface area contributed by atoms with Crippen LogP contribution in [0.4, 0.5) is 0 Å². The van der Waals surface area contributed by atoms with Gasteiger partial charge in [-0.05, 0) is 6.07 Å². The molecular weight excluding hydrogens is 174 g/mol. The topological polar surface area (TPSA) is 33.0 Å². The molecule has 0 aliphatic heterocycles. The number of hydrogen-bond donors (Lipinski definition) is 0. The molecule has 1 unspecified atom stereocenters. The smallest absolute Gasteiger partial charge is 0.140 e. The maximum absolute atomic E-state index is 8.87. The lowest BCUT2D eigenvalue weighted by Crippen LogP contribution is -1.97. The molecule has 14 heavy (non-hydrogen) atoms. The highest BCUT2D eigenvalue weighted by atomic mass is 16.5. The van der Waals surface area contributed by atoms with Crippen LogP contribution in [-0.2, 0) is 0 Å². The molecular formula is C12H13NO. The molecule has 1 aromatic rings. The van der Waals surface area contributed by atoms with Gasteiger partial charge >= 0.3 is 0 Å². The van der Waals surface area contributed by atoms with E-state index in [-0.39, 0.29) is 5.92 Å². The summed E-state index contributed by atoms with van der Waals surface area (Å²) in [7, 11) is 1.58. The van der Waals surface area contributed by atoms with Crippen LogP contribution in [0.1, 0.15) is 24.0 Å². The lowest BCUT2D eigenvalue weighted by molar-refractivity contribution is 0.407. The summed E-state index contributed by atoms with van der Waals surface area (Å²) in [6, 6.07) is 7.66. The number of hydrogen-bond acceptors (Lipinski definition) is 2. The maximum atomic E-state index is 8.87. The Bertz CT molecular complexity index is 376. The minimum atomic E-state index is 0.193. The van der Waals surface area contributed by atoms with E-state index in [1.165, 1.54) is 0 Å². The number of benzene rings is 1. The highest BCUT2D eigenvalue weighted by molar-refractivity contribution is 5.50. The monoisotopic (exact) mass is 187 g/mol. The van der Waals surface area contributed by atoms with Crippen molar-refractivity contribution in [3.8, 4) is 11.8 Å². The molecule has 0 radical (unpaired) electrons. The van der Waals surface area contributed by atoms with E-state index in [1.807, 2.05) is 25.1 Å². The van der Waals surface area contributed by atoms with Crippen molar-refractivity contribution < 1.29 is 4.74 Å². The zero-order chi connectivity index (χ0) is 10.6. The Morgan fingerprint density at radius 2 is 2.29 bits per heavy atom. The third kappa shape index (κ3) is 1.77. The van der Waals surface area contributed by atoms with Crippen LogP contribution in [0.15, 0.2) is 30.9 Å². The van der Waals surface area contributed by atoms with Gasteiger partial charge in [-0.15, -0.1) is 6.58 Å². The average Bonchev–Trinajstić information content (AvgIpc) is 2.26. The van der Waals surface area contributed by atoms with Crippen LogP contribution in [-0.4, -0.2) is 7.11 Å². The lowest BCUT2D eigenvalue weighted by atomic mass is 9.98. The van der Waals surface area contributed by atoms with E-state index in [0.717, 1.165) is 5.56 Å². The zero-order valence-electron chi connectivity index (χ0n) is 8.45. The van der Waals surface area contributed by atoms with Crippen molar-refractivity contribution in [2.24, 2.45) is 0 Å². The van der Waals surface area contributed by atoms with Crippen molar-refractivity contribution in [2.75, 3.05) is 7.11 Å². The summed E-state index contributed by atoms with van der Waals surface area (Å²) in [6.07, 6.45) is 1.83. The van der Waals surface area contributed by atoms with Gasteiger partial charge in [0.1, 0.15) is 11.8 Å². The summed E-state index contributed by atoms with van der Waals surface area (Å²) in [6.45, 7) is 5.75. The maximum Gasteiger partial charge on any atom is 0.140 e. The van der Waals surface area contributed by atoms with Crippen LogP contribution < -0.4 is 4.74 Å². The first-order valence-corrected chi connectivity index (χ1v) is 4.44. The Morgan fingerprint density at radius 3 is 2.79 bits per heavy atom. The Labute approximate surface area is 84.4 Å². The van der Waals surface area contributed by atoms with Crippen LogP contribution in [0.25, 0.3) is 0 Å². The normalized spacial score (nSPS) is 11.5. The molecule has 2 heteroatoms. The molecule has 0 N–H and O–H groups in total. The summed E-state index contributed by atoms with van der Waals surface area (Å²) in [5.41, 5.74) is 1.57. The summed E-state index contributed by atoms with van der Waals surface area (Å²) in [4.78, 5) is 0. The van der Waals surface area contributed by atoms with Gasteiger partial charge in [0.05, 0.1) is 12.7 Å². The quantitative estimate of drug-likeness (QED) is 0.681. The van der Waals surface area contributed by atoms with Gasteiger partial charge in [-0.25, -0.2) is 0 Å². The molecule has 0 amide bonds. The van der Waals surface area contributed by atoms with Crippen LogP contribution in [0.2, 0.25) is 0 Å². The average molecular weight is 187 g/mol. The molecule has 2 nitrogen and oxygen atoms in total. The molecule has 0 aromatic heterocycles. The number of nitriles is 1. The van der Waals surface area contributed by atoms with Gasteiger partial charge in [-0.2, -0.15) is 5.26 Å². The Hall–Kier alpha value is -1.75. The Kier molecular flexibility index (Phi) is 3.30. The molecule has 0 saturated heterocycles. The van der Waals surface area contributed by atoms with Crippen molar-refractivity contribution in [1.82, 2.24) is 0 Å². The van der Waals surface area contributed by atoms with E-state index in [4.69, 9.17) is 10.00 Å². The molecule has 0 aliphatic carbocycles. The van der Waals surface area contributed by atoms with Crippen LogP contribution >= 0.6 is 0 Å². The highest BCUT2D eigenvalue weighted by Gasteiger charge is 2.11. The molecule has 1 aromatic carbocycles. The molecule has 0 aliphatic rings. The van der Waals surface area contributed by atoms with E-state index < -0.39 is 0 Å². The van der Waals surface area contributed by atoms with Crippen LogP contribution in [0, 0.1) is 11.3 Å². The zero-order valence-corrected chi connectivity index (χ0v) is 8.45. The van der Waals surface area contributed by atoms with Crippen molar-refractivity contribution >= 4 is 0 Å². The molecule has 72 valence electrons. The van der Waals surface area contributed by atoms with E-state index >= 15 is 0 Å². The lowest BCUT2D eigenvalue weighted by Gasteiger charge is -2.12. The number of rotatable bonds is 3. The summed E-state index contributed by atoms with van der Waals surface area (Å²) in [5, 5.41) is 8.87. The molecule has 0 fully saturated rings.